The number of alkyl halides is 1. The van der Waals surface area contributed by atoms with E-state index in [1.54, 1.807) is 11.5 Å². The van der Waals surface area contributed by atoms with Gasteiger partial charge < -0.3 is 5.32 Å². The average molecular weight is 377 g/mol. The van der Waals surface area contributed by atoms with Crippen molar-refractivity contribution >= 4 is 49.4 Å². The fraction of sp³-hybridized carbons (Fsp3) is 0.176. The number of carbonyl (C=O) groups is 1. The van der Waals surface area contributed by atoms with E-state index in [1.807, 2.05) is 25.1 Å². The summed E-state index contributed by atoms with van der Waals surface area (Å²) in [5.41, 5.74) is 3.20. The van der Waals surface area contributed by atoms with Crippen LogP contribution in [0.3, 0.4) is 0 Å². The maximum Gasteiger partial charge on any atom is 0.252 e. The van der Waals surface area contributed by atoms with E-state index in [1.165, 1.54) is 11.8 Å². The largest absolute Gasteiger partial charge is 0.351 e. The lowest BCUT2D eigenvalue weighted by Gasteiger charge is -2.11. The van der Waals surface area contributed by atoms with E-state index in [0.29, 0.717) is 23.1 Å². The number of nitrogens with one attached hydrogen (secondary N) is 1. The smallest absolute Gasteiger partial charge is 0.252 e. The van der Waals surface area contributed by atoms with Crippen molar-refractivity contribution in [2.75, 3.05) is 11.9 Å². The number of aromatic nitrogens is 1. The highest BCUT2D eigenvalue weighted by molar-refractivity contribution is 9.09. The maximum absolute atomic E-state index is 12.4. The highest BCUT2D eigenvalue weighted by Crippen LogP contribution is 2.28. The van der Waals surface area contributed by atoms with Crippen LogP contribution in [0.1, 0.15) is 21.6 Å². The minimum absolute atomic E-state index is 0.102. The standard InChI is InChI=1S/C17H17BrN2OS/c1-4-22-12(3)16-10-14(17(21)19-8-7-18)13-9-11(2)5-6-15(13)20-16/h4-6,9-10H,1,3,7-8H2,2H3,(H,19,21). The maximum atomic E-state index is 12.4. The fourth-order valence-electron chi connectivity index (χ4n) is 2.09. The molecule has 0 aliphatic carbocycles. The highest BCUT2D eigenvalue weighted by Gasteiger charge is 2.14. The first-order chi connectivity index (χ1) is 10.6. The lowest BCUT2D eigenvalue weighted by atomic mass is 10.0. The molecule has 0 aliphatic heterocycles. The first-order valence-corrected chi connectivity index (χ1v) is 8.79. The summed E-state index contributed by atoms with van der Waals surface area (Å²) >= 11 is 4.72. The van der Waals surface area contributed by atoms with Crippen LogP contribution in [-0.2, 0) is 0 Å². The van der Waals surface area contributed by atoms with Gasteiger partial charge in [-0.2, -0.15) is 0 Å². The number of benzene rings is 1. The number of rotatable bonds is 6. The van der Waals surface area contributed by atoms with Gasteiger partial charge in [0.15, 0.2) is 0 Å². The van der Waals surface area contributed by atoms with Crippen molar-refractivity contribution < 1.29 is 4.79 Å². The van der Waals surface area contributed by atoms with Crippen LogP contribution in [0, 0.1) is 6.92 Å². The lowest BCUT2D eigenvalue weighted by molar-refractivity contribution is 0.0958. The Morgan fingerprint density at radius 1 is 1.45 bits per heavy atom. The third-order valence-corrected chi connectivity index (χ3v) is 4.16. The van der Waals surface area contributed by atoms with Crippen molar-refractivity contribution in [2.24, 2.45) is 0 Å². The average Bonchev–Trinajstić information content (AvgIpc) is 2.51. The summed E-state index contributed by atoms with van der Waals surface area (Å²) in [6, 6.07) is 7.70. The number of pyridine rings is 1. The zero-order chi connectivity index (χ0) is 16.1. The number of amides is 1. The van der Waals surface area contributed by atoms with E-state index < -0.39 is 0 Å². The second-order valence-corrected chi connectivity index (χ2v) is 6.58. The van der Waals surface area contributed by atoms with Gasteiger partial charge in [0.05, 0.1) is 16.8 Å². The van der Waals surface area contributed by atoms with E-state index in [4.69, 9.17) is 0 Å². The van der Waals surface area contributed by atoms with Gasteiger partial charge in [0.25, 0.3) is 5.91 Å². The third kappa shape index (κ3) is 3.78. The van der Waals surface area contributed by atoms with Crippen LogP contribution in [0.15, 0.2) is 42.8 Å². The Kier molecular flexibility index (Phi) is 5.80. The van der Waals surface area contributed by atoms with Crippen LogP contribution in [0.2, 0.25) is 0 Å². The van der Waals surface area contributed by atoms with Gasteiger partial charge in [-0.05, 0) is 30.5 Å². The second-order valence-electron chi connectivity index (χ2n) is 4.73. The molecular formula is C17H17BrN2OS. The molecule has 1 aromatic carbocycles. The van der Waals surface area contributed by atoms with Gasteiger partial charge in [-0.25, -0.2) is 4.98 Å². The van der Waals surface area contributed by atoms with Gasteiger partial charge in [-0.15, -0.1) is 0 Å². The van der Waals surface area contributed by atoms with E-state index >= 15 is 0 Å². The number of hydrogen-bond acceptors (Lipinski definition) is 3. The predicted octanol–water partition coefficient (Wildman–Crippen LogP) is 4.52. The number of hydrogen-bond donors (Lipinski definition) is 1. The number of carbonyl (C=O) groups excluding carboxylic acids is 1. The van der Waals surface area contributed by atoms with E-state index in [9.17, 15) is 4.79 Å². The molecule has 1 amide bonds. The van der Waals surface area contributed by atoms with Gasteiger partial charge in [0.2, 0.25) is 0 Å². The minimum Gasteiger partial charge on any atom is -0.351 e. The number of nitrogens with zero attached hydrogens (tertiary/aromatic N) is 1. The summed E-state index contributed by atoms with van der Waals surface area (Å²) in [6.07, 6.45) is 0. The lowest BCUT2D eigenvalue weighted by Crippen LogP contribution is -2.25. The van der Waals surface area contributed by atoms with E-state index in [2.05, 4.69) is 39.4 Å². The number of fused-ring (bicyclic) bond motifs is 1. The summed E-state index contributed by atoms with van der Waals surface area (Å²) in [7, 11) is 0. The zero-order valence-corrected chi connectivity index (χ0v) is 14.8. The molecule has 0 aliphatic rings. The number of aryl methyl sites for hydroxylation is 1. The summed E-state index contributed by atoms with van der Waals surface area (Å²) in [6.45, 7) is 10.3. The van der Waals surface area contributed by atoms with E-state index in [0.717, 1.165) is 21.4 Å². The Balaban J connectivity index is 2.58. The second kappa shape index (κ2) is 7.61. The Bertz CT molecular complexity index is 743. The molecule has 22 heavy (non-hydrogen) atoms. The molecule has 114 valence electrons. The van der Waals surface area contributed by atoms with Gasteiger partial charge in [-0.3, -0.25) is 4.79 Å². The molecule has 0 unspecified atom stereocenters. The first kappa shape index (κ1) is 16.8. The molecule has 3 nitrogen and oxygen atoms in total. The Morgan fingerprint density at radius 2 is 2.23 bits per heavy atom. The quantitative estimate of drug-likeness (QED) is 0.753. The van der Waals surface area contributed by atoms with Crippen molar-refractivity contribution in [3.8, 4) is 0 Å². The SMILES string of the molecule is C=CSC(=C)c1cc(C(=O)NCCBr)c2cc(C)ccc2n1. The molecule has 0 saturated carbocycles. The van der Waals surface area contributed by atoms with Crippen molar-refractivity contribution in [3.05, 3.63) is 59.7 Å². The van der Waals surface area contributed by atoms with Crippen LogP contribution in [0.25, 0.3) is 15.8 Å². The normalized spacial score (nSPS) is 10.5. The van der Waals surface area contributed by atoms with Crippen molar-refractivity contribution in [3.63, 3.8) is 0 Å². The molecule has 2 rings (SSSR count). The van der Waals surface area contributed by atoms with Crippen LogP contribution < -0.4 is 5.32 Å². The molecule has 0 radical (unpaired) electrons. The number of thioether (sulfide) groups is 1. The van der Waals surface area contributed by atoms with Gasteiger partial charge in [0, 0.05) is 22.2 Å². The fourth-order valence-corrected chi connectivity index (χ4v) is 2.71. The Morgan fingerprint density at radius 3 is 2.91 bits per heavy atom. The molecule has 0 atom stereocenters. The molecule has 1 aromatic heterocycles. The zero-order valence-electron chi connectivity index (χ0n) is 12.4. The topological polar surface area (TPSA) is 42.0 Å². The molecule has 5 heteroatoms. The molecule has 0 fully saturated rings. The molecular weight excluding hydrogens is 360 g/mol. The van der Waals surface area contributed by atoms with E-state index in [-0.39, 0.29) is 5.91 Å². The van der Waals surface area contributed by atoms with Gasteiger partial charge in [0.1, 0.15) is 0 Å². The van der Waals surface area contributed by atoms with Gasteiger partial charge in [-0.1, -0.05) is 52.5 Å². The van der Waals surface area contributed by atoms with Crippen LogP contribution in [0.5, 0.6) is 0 Å². The number of halogens is 1. The highest BCUT2D eigenvalue weighted by atomic mass is 79.9. The Hall–Kier alpha value is -1.59. The molecule has 1 heterocycles. The molecule has 2 aromatic rings. The monoisotopic (exact) mass is 376 g/mol. The molecule has 1 N–H and O–H groups in total. The first-order valence-electron chi connectivity index (χ1n) is 6.79. The molecule has 0 spiro atoms. The summed E-state index contributed by atoms with van der Waals surface area (Å²) < 4.78 is 0. The summed E-state index contributed by atoms with van der Waals surface area (Å²) in [5, 5.41) is 6.16. The third-order valence-electron chi connectivity index (χ3n) is 3.10. The van der Waals surface area contributed by atoms with Crippen LogP contribution in [0.4, 0.5) is 0 Å². The summed E-state index contributed by atoms with van der Waals surface area (Å²) in [4.78, 5) is 17.8. The van der Waals surface area contributed by atoms with Gasteiger partial charge >= 0.3 is 0 Å². The van der Waals surface area contributed by atoms with Crippen LogP contribution >= 0.6 is 27.7 Å². The molecule has 0 bridgehead atoms. The van der Waals surface area contributed by atoms with Crippen LogP contribution in [-0.4, -0.2) is 22.8 Å². The van der Waals surface area contributed by atoms with Crippen molar-refractivity contribution in [2.45, 2.75) is 6.92 Å². The van der Waals surface area contributed by atoms with Crippen molar-refractivity contribution in [1.29, 1.82) is 0 Å². The predicted molar refractivity (Wildman–Crippen MR) is 99.4 cm³/mol. The molecule has 0 saturated heterocycles. The summed E-state index contributed by atoms with van der Waals surface area (Å²) in [5.74, 6) is -0.102. The Labute approximate surface area is 143 Å². The van der Waals surface area contributed by atoms with Crippen molar-refractivity contribution in [1.82, 2.24) is 10.3 Å². The minimum atomic E-state index is -0.102.